The van der Waals surface area contributed by atoms with Crippen molar-refractivity contribution in [1.82, 2.24) is 0 Å². The number of hydrogen-bond acceptors (Lipinski definition) is 5. The predicted molar refractivity (Wildman–Crippen MR) is 69.4 cm³/mol. The molecule has 0 amide bonds. The van der Waals surface area contributed by atoms with Crippen molar-refractivity contribution in [2.45, 2.75) is 6.36 Å². The summed E-state index contributed by atoms with van der Waals surface area (Å²) in [4.78, 5) is 0. The summed E-state index contributed by atoms with van der Waals surface area (Å²) in [7, 11) is 0. The first-order valence-electron chi connectivity index (χ1n) is 4.97. The maximum atomic E-state index is 13.5. The van der Waals surface area contributed by atoms with Gasteiger partial charge < -0.3 is 10.5 Å². The minimum atomic E-state index is -5.12. The lowest BCUT2D eigenvalue weighted by Crippen LogP contribution is -2.22. The van der Waals surface area contributed by atoms with Crippen LogP contribution >= 0.6 is 15.9 Å². The van der Waals surface area contributed by atoms with E-state index < -0.39 is 35.2 Å². The van der Waals surface area contributed by atoms with Gasteiger partial charge >= 0.3 is 6.36 Å². The van der Waals surface area contributed by atoms with Gasteiger partial charge in [0.05, 0.1) is 0 Å². The average Bonchev–Trinajstić information content (AvgIpc) is 2.35. The summed E-state index contributed by atoms with van der Waals surface area (Å²) in [6.45, 7) is 0. The Morgan fingerprint density at radius 2 is 2.10 bits per heavy atom. The van der Waals surface area contributed by atoms with Crippen LogP contribution in [0.4, 0.5) is 23.2 Å². The third-order valence-corrected chi connectivity index (χ3v) is 2.58. The Kier molecular flexibility index (Phi) is 5.09. The quantitative estimate of drug-likeness (QED) is 0.329. The Bertz CT molecular complexity index is 638. The summed E-state index contributed by atoms with van der Waals surface area (Å²) in [6.07, 6.45) is -5.12. The van der Waals surface area contributed by atoms with Crippen molar-refractivity contribution in [1.29, 1.82) is 10.7 Å². The third kappa shape index (κ3) is 4.60. The van der Waals surface area contributed by atoms with Gasteiger partial charge in [0.25, 0.3) is 0 Å². The van der Waals surface area contributed by atoms with Crippen LogP contribution in [0.25, 0.3) is 0 Å². The van der Waals surface area contributed by atoms with Gasteiger partial charge in [0.15, 0.2) is 17.4 Å². The number of benzene rings is 1. The van der Waals surface area contributed by atoms with E-state index in [1.54, 1.807) is 0 Å². The van der Waals surface area contributed by atoms with Gasteiger partial charge in [0.1, 0.15) is 11.8 Å². The highest BCUT2D eigenvalue weighted by atomic mass is 79.9. The zero-order valence-corrected chi connectivity index (χ0v) is 11.5. The van der Waals surface area contributed by atoms with Crippen molar-refractivity contribution in [2.24, 2.45) is 10.8 Å². The van der Waals surface area contributed by atoms with Crippen LogP contribution in [-0.2, 0) is 0 Å². The smallest absolute Gasteiger partial charge is 0.400 e. The molecule has 0 unspecified atom stereocenters. The highest BCUT2D eigenvalue weighted by Crippen LogP contribution is 2.38. The number of nitrogens with two attached hydrogens (primary N) is 1. The summed E-state index contributed by atoms with van der Waals surface area (Å²) in [5.41, 5.74) is 5.92. The number of rotatable bonds is 4. The molecule has 0 saturated carbocycles. The van der Waals surface area contributed by atoms with Crippen molar-refractivity contribution in [3.05, 3.63) is 22.4 Å². The minimum absolute atomic E-state index is 0.00672. The Labute approximate surface area is 123 Å². The molecule has 1 aromatic carbocycles. The van der Waals surface area contributed by atoms with Crippen LogP contribution in [0, 0.1) is 22.6 Å². The van der Waals surface area contributed by atoms with Crippen molar-refractivity contribution in [3.63, 3.8) is 0 Å². The third-order valence-electron chi connectivity index (χ3n) is 1.92. The molecule has 0 spiro atoms. The van der Waals surface area contributed by atoms with E-state index in [0.29, 0.717) is 0 Å². The summed E-state index contributed by atoms with van der Waals surface area (Å²) in [5.74, 6) is -3.17. The first kappa shape index (κ1) is 16.7. The normalized spacial score (nSPS) is 11.7. The molecule has 0 bridgehead atoms. The van der Waals surface area contributed by atoms with Crippen LogP contribution in [-0.4, -0.2) is 17.9 Å². The Balaban J connectivity index is 3.26. The second-order valence-corrected chi connectivity index (χ2v) is 4.23. The fourth-order valence-corrected chi connectivity index (χ4v) is 1.51. The van der Waals surface area contributed by atoms with Gasteiger partial charge in [-0.2, -0.15) is 10.4 Å². The van der Waals surface area contributed by atoms with Crippen molar-refractivity contribution < 1.29 is 22.3 Å². The van der Waals surface area contributed by atoms with Crippen molar-refractivity contribution >= 4 is 33.2 Å². The molecule has 112 valence electrons. The van der Waals surface area contributed by atoms with Gasteiger partial charge in [-0.15, -0.1) is 13.2 Å². The standard InChI is InChI=1S/C10H6BrF4N5O/c11-4-1-2-5(12)8(21-10(13,14)15)7(4)20-19-6(3-16)9(17)18/h1-2,20H,(H3,17,18)/b19-6+. The number of alkyl halides is 3. The summed E-state index contributed by atoms with van der Waals surface area (Å²) in [6, 6.07) is 3.29. The molecule has 0 fully saturated rings. The van der Waals surface area contributed by atoms with E-state index in [4.69, 9.17) is 16.4 Å². The second kappa shape index (κ2) is 6.40. The molecular weight excluding hydrogens is 362 g/mol. The summed E-state index contributed by atoms with van der Waals surface area (Å²) >= 11 is 2.88. The van der Waals surface area contributed by atoms with Crippen molar-refractivity contribution in [2.75, 3.05) is 5.43 Å². The monoisotopic (exact) mass is 367 g/mol. The van der Waals surface area contributed by atoms with Crippen LogP contribution in [0.5, 0.6) is 5.75 Å². The van der Waals surface area contributed by atoms with E-state index >= 15 is 0 Å². The molecule has 0 aliphatic heterocycles. The van der Waals surface area contributed by atoms with E-state index in [1.165, 1.54) is 6.07 Å². The average molecular weight is 368 g/mol. The first-order chi connectivity index (χ1) is 9.65. The molecule has 0 aliphatic rings. The molecule has 1 rings (SSSR count). The molecule has 21 heavy (non-hydrogen) atoms. The Hall–Kier alpha value is -2.35. The molecular formula is C10H6BrF4N5O. The fourth-order valence-electron chi connectivity index (χ4n) is 1.11. The highest BCUT2D eigenvalue weighted by molar-refractivity contribution is 9.10. The van der Waals surface area contributed by atoms with Crippen LogP contribution in [0.3, 0.4) is 0 Å². The number of amidine groups is 1. The Morgan fingerprint density at radius 1 is 1.48 bits per heavy atom. The minimum Gasteiger partial charge on any atom is -0.400 e. The lowest BCUT2D eigenvalue weighted by atomic mass is 10.3. The molecule has 0 heterocycles. The summed E-state index contributed by atoms with van der Waals surface area (Å²) < 4.78 is 53.8. The SMILES string of the molecule is N#C/C(=N\Nc1c(Br)ccc(F)c1OC(F)(F)F)C(=N)N. The maximum Gasteiger partial charge on any atom is 0.573 e. The van der Waals surface area contributed by atoms with Gasteiger partial charge in [-0.3, -0.25) is 10.8 Å². The molecule has 0 saturated heterocycles. The lowest BCUT2D eigenvalue weighted by Gasteiger charge is -2.14. The number of hydrogen-bond donors (Lipinski definition) is 3. The highest BCUT2D eigenvalue weighted by Gasteiger charge is 2.34. The van der Waals surface area contributed by atoms with E-state index in [2.05, 4.69) is 25.8 Å². The molecule has 0 atom stereocenters. The van der Waals surface area contributed by atoms with Gasteiger partial charge in [-0.25, -0.2) is 4.39 Å². The van der Waals surface area contributed by atoms with E-state index in [1.807, 2.05) is 5.43 Å². The lowest BCUT2D eigenvalue weighted by molar-refractivity contribution is -0.275. The number of hydrazone groups is 1. The Morgan fingerprint density at radius 3 is 2.57 bits per heavy atom. The number of halogens is 5. The molecule has 0 aromatic heterocycles. The molecule has 4 N–H and O–H groups in total. The number of nitriles is 1. The number of anilines is 1. The summed E-state index contributed by atoms with van der Waals surface area (Å²) in [5, 5.41) is 18.9. The number of nitrogens with zero attached hydrogens (tertiary/aromatic N) is 2. The molecule has 1 aromatic rings. The van der Waals surface area contributed by atoms with Gasteiger partial charge in [-0.1, -0.05) is 0 Å². The van der Waals surface area contributed by atoms with E-state index in [9.17, 15) is 17.6 Å². The van der Waals surface area contributed by atoms with Crippen LogP contribution in [0.15, 0.2) is 21.7 Å². The van der Waals surface area contributed by atoms with E-state index in [0.717, 1.165) is 12.1 Å². The maximum absolute atomic E-state index is 13.5. The molecule has 0 radical (unpaired) electrons. The van der Waals surface area contributed by atoms with Crippen molar-refractivity contribution in [3.8, 4) is 11.8 Å². The van der Waals surface area contributed by atoms with Crippen LogP contribution in [0.2, 0.25) is 0 Å². The predicted octanol–water partition coefficient (Wildman–Crippen LogP) is 2.71. The van der Waals surface area contributed by atoms with Crippen LogP contribution < -0.4 is 15.9 Å². The zero-order chi connectivity index (χ0) is 16.2. The zero-order valence-electron chi connectivity index (χ0n) is 9.92. The number of nitrogens with one attached hydrogen (secondary N) is 2. The fraction of sp³-hybridized carbons (Fsp3) is 0.100. The topological polar surface area (TPSA) is 107 Å². The van der Waals surface area contributed by atoms with E-state index in [-0.39, 0.29) is 4.47 Å². The van der Waals surface area contributed by atoms with Gasteiger partial charge in [-0.05, 0) is 28.1 Å². The molecule has 0 aliphatic carbocycles. The number of ether oxygens (including phenoxy) is 1. The second-order valence-electron chi connectivity index (χ2n) is 3.38. The van der Waals surface area contributed by atoms with Gasteiger partial charge in [0, 0.05) is 4.47 Å². The molecule has 11 heteroatoms. The molecule has 6 nitrogen and oxygen atoms in total. The first-order valence-corrected chi connectivity index (χ1v) is 5.77. The van der Waals surface area contributed by atoms with Gasteiger partial charge in [0.2, 0.25) is 5.71 Å². The van der Waals surface area contributed by atoms with Crippen LogP contribution in [0.1, 0.15) is 0 Å². The largest absolute Gasteiger partial charge is 0.573 e.